The van der Waals surface area contributed by atoms with Crippen LogP contribution >= 0.6 is 0 Å². The van der Waals surface area contributed by atoms with Crippen LogP contribution in [0.15, 0.2) is 18.2 Å². The number of aldehydes is 1. The van der Waals surface area contributed by atoms with Gasteiger partial charge in [0.15, 0.2) is 0 Å². The van der Waals surface area contributed by atoms with Gasteiger partial charge in [0.1, 0.15) is 12.0 Å². The van der Waals surface area contributed by atoms with E-state index in [0.29, 0.717) is 5.69 Å². The standard InChI is InChI=1S/C14H20N2O2/c1-18-14-12(3-2-4-13(14)15)9-16-7-5-11(10-17)6-8-16/h2-4,10-11H,5-9,15H2,1H3. The third-order valence-corrected chi connectivity index (χ3v) is 3.55. The van der Waals surface area contributed by atoms with E-state index in [4.69, 9.17) is 10.5 Å². The number of piperidine rings is 1. The van der Waals surface area contributed by atoms with E-state index < -0.39 is 0 Å². The Bertz CT molecular complexity index is 412. The van der Waals surface area contributed by atoms with Crippen LogP contribution in [0, 0.1) is 5.92 Å². The van der Waals surface area contributed by atoms with Crippen molar-refractivity contribution in [3.63, 3.8) is 0 Å². The lowest BCUT2D eigenvalue weighted by molar-refractivity contribution is -0.112. The zero-order valence-corrected chi connectivity index (χ0v) is 10.8. The molecule has 98 valence electrons. The average Bonchev–Trinajstić information content (AvgIpc) is 2.40. The van der Waals surface area contributed by atoms with Gasteiger partial charge in [0.05, 0.1) is 12.8 Å². The summed E-state index contributed by atoms with van der Waals surface area (Å²) in [5.74, 6) is 1.01. The minimum absolute atomic E-state index is 0.240. The first-order chi connectivity index (χ1) is 8.74. The van der Waals surface area contributed by atoms with Crippen LogP contribution in [0.1, 0.15) is 18.4 Å². The molecule has 1 aromatic carbocycles. The summed E-state index contributed by atoms with van der Waals surface area (Å²) in [6.45, 7) is 2.75. The Morgan fingerprint density at radius 1 is 1.44 bits per heavy atom. The molecular weight excluding hydrogens is 228 g/mol. The maximum absolute atomic E-state index is 10.7. The number of likely N-dealkylation sites (tertiary alicyclic amines) is 1. The van der Waals surface area contributed by atoms with Gasteiger partial charge in [-0.2, -0.15) is 0 Å². The highest BCUT2D eigenvalue weighted by Gasteiger charge is 2.19. The van der Waals surface area contributed by atoms with Gasteiger partial charge in [-0.15, -0.1) is 0 Å². The topological polar surface area (TPSA) is 55.6 Å². The van der Waals surface area contributed by atoms with E-state index in [1.165, 1.54) is 0 Å². The van der Waals surface area contributed by atoms with E-state index in [-0.39, 0.29) is 5.92 Å². The number of ether oxygens (including phenoxy) is 1. The molecule has 0 radical (unpaired) electrons. The number of benzene rings is 1. The van der Waals surface area contributed by atoms with Gasteiger partial charge in [-0.3, -0.25) is 4.90 Å². The van der Waals surface area contributed by atoms with Crippen LogP contribution in [0.25, 0.3) is 0 Å². The van der Waals surface area contributed by atoms with Gasteiger partial charge in [-0.1, -0.05) is 12.1 Å². The van der Waals surface area contributed by atoms with Crippen LogP contribution < -0.4 is 10.5 Å². The molecular formula is C14H20N2O2. The van der Waals surface area contributed by atoms with Crippen molar-refractivity contribution in [3.8, 4) is 5.75 Å². The second-order valence-electron chi connectivity index (χ2n) is 4.79. The second-order valence-corrected chi connectivity index (χ2v) is 4.79. The third-order valence-electron chi connectivity index (χ3n) is 3.55. The number of para-hydroxylation sites is 1. The van der Waals surface area contributed by atoms with E-state index in [0.717, 1.165) is 50.1 Å². The monoisotopic (exact) mass is 248 g/mol. The summed E-state index contributed by atoms with van der Waals surface area (Å²) in [5.41, 5.74) is 7.68. The third kappa shape index (κ3) is 2.82. The molecule has 0 spiro atoms. The Hall–Kier alpha value is -1.55. The fraction of sp³-hybridized carbons (Fsp3) is 0.500. The fourth-order valence-corrected chi connectivity index (χ4v) is 2.47. The summed E-state index contributed by atoms with van der Waals surface area (Å²) in [4.78, 5) is 13.1. The number of hydrogen-bond acceptors (Lipinski definition) is 4. The SMILES string of the molecule is COc1c(N)cccc1CN1CCC(C=O)CC1. The van der Waals surface area contributed by atoms with Gasteiger partial charge < -0.3 is 15.3 Å². The molecule has 1 aromatic rings. The average molecular weight is 248 g/mol. The lowest BCUT2D eigenvalue weighted by Crippen LogP contribution is -2.33. The van der Waals surface area contributed by atoms with Gasteiger partial charge in [0.2, 0.25) is 0 Å². The molecule has 1 fully saturated rings. The summed E-state index contributed by atoms with van der Waals surface area (Å²) < 4.78 is 5.35. The van der Waals surface area contributed by atoms with E-state index >= 15 is 0 Å². The number of carbonyl (C=O) groups excluding carboxylic acids is 1. The second kappa shape index (κ2) is 5.87. The number of nitrogens with zero attached hydrogens (tertiary/aromatic N) is 1. The maximum atomic E-state index is 10.7. The summed E-state index contributed by atoms with van der Waals surface area (Å²) in [7, 11) is 1.65. The molecule has 1 saturated heterocycles. The largest absolute Gasteiger partial charge is 0.494 e. The quantitative estimate of drug-likeness (QED) is 0.650. The Morgan fingerprint density at radius 3 is 2.78 bits per heavy atom. The van der Waals surface area contributed by atoms with Crippen LogP contribution in [0.3, 0.4) is 0 Å². The molecule has 0 atom stereocenters. The predicted octanol–water partition coefficient (Wildman–Crippen LogP) is 1.69. The molecule has 2 rings (SSSR count). The molecule has 1 heterocycles. The van der Waals surface area contributed by atoms with Crippen molar-refractivity contribution in [2.45, 2.75) is 19.4 Å². The molecule has 1 aliphatic heterocycles. The van der Waals surface area contributed by atoms with Crippen LogP contribution in [0.5, 0.6) is 5.75 Å². The fourth-order valence-electron chi connectivity index (χ4n) is 2.47. The van der Waals surface area contributed by atoms with Gasteiger partial charge in [0.25, 0.3) is 0 Å². The number of hydrogen-bond donors (Lipinski definition) is 1. The minimum atomic E-state index is 0.240. The van der Waals surface area contributed by atoms with E-state index in [1.807, 2.05) is 18.2 Å². The van der Waals surface area contributed by atoms with Crippen LogP contribution in [-0.4, -0.2) is 31.4 Å². The highest BCUT2D eigenvalue weighted by atomic mass is 16.5. The molecule has 0 aromatic heterocycles. The van der Waals surface area contributed by atoms with E-state index in [1.54, 1.807) is 7.11 Å². The smallest absolute Gasteiger partial charge is 0.146 e. The van der Waals surface area contributed by atoms with Crippen molar-refractivity contribution in [2.75, 3.05) is 25.9 Å². The lowest BCUT2D eigenvalue weighted by atomic mass is 9.98. The van der Waals surface area contributed by atoms with E-state index in [2.05, 4.69) is 4.90 Å². The van der Waals surface area contributed by atoms with Gasteiger partial charge >= 0.3 is 0 Å². The van der Waals surface area contributed by atoms with Crippen LogP contribution in [0.4, 0.5) is 5.69 Å². The Morgan fingerprint density at radius 2 is 2.17 bits per heavy atom. The van der Waals surface area contributed by atoms with Crippen molar-refractivity contribution < 1.29 is 9.53 Å². The number of carbonyl (C=O) groups is 1. The Kier molecular flexibility index (Phi) is 4.20. The molecule has 0 unspecified atom stereocenters. The molecule has 18 heavy (non-hydrogen) atoms. The summed E-state index contributed by atoms with van der Waals surface area (Å²) in [5, 5.41) is 0. The molecule has 4 heteroatoms. The van der Waals surface area contributed by atoms with Crippen molar-refractivity contribution in [2.24, 2.45) is 5.92 Å². The van der Waals surface area contributed by atoms with Crippen molar-refractivity contribution in [1.29, 1.82) is 0 Å². The molecule has 4 nitrogen and oxygen atoms in total. The van der Waals surface area contributed by atoms with Gasteiger partial charge in [0, 0.05) is 18.0 Å². The summed E-state index contributed by atoms with van der Waals surface area (Å²) >= 11 is 0. The zero-order valence-electron chi connectivity index (χ0n) is 10.8. The highest BCUT2D eigenvalue weighted by molar-refractivity contribution is 5.56. The number of nitrogen functional groups attached to an aromatic ring is 1. The zero-order chi connectivity index (χ0) is 13.0. The van der Waals surface area contributed by atoms with Gasteiger partial charge in [-0.05, 0) is 32.0 Å². The van der Waals surface area contributed by atoms with Crippen molar-refractivity contribution >= 4 is 12.0 Å². The molecule has 0 saturated carbocycles. The van der Waals surface area contributed by atoms with Crippen LogP contribution in [0.2, 0.25) is 0 Å². The normalized spacial score (nSPS) is 17.6. The summed E-state index contributed by atoms with van der Waals surface area (Å²) in [6, 6.07) is 5.84. The van der Waals surface area contributed by atoms with Crippen LogP contribution in [-0.2, 0) is 11.3 Å². The maximum Gasteiger partial charge on any atom is 0.146 e. The van der Waals surface area contributed by atoms with Gasteiger partial charge in [-0.25, -0.2) is 0 Å². The first-order valence-electron chi connectivity index (χ1n) is 6.33. The first kappa shape index (κ1) is 12.9. The molecule has 0 amide bonds. The Labute approximate surface area is 108 Å². The lowest BCUT2D eigenvalue weighted by Gasteiger charge is -2.30. The molecule has 0 aliphatic carbocycles. The highest BCUT2D eigenvalue weighted by Crippen LogP contribution is 2.28. The number of anilines is 1. The minimum Gasteiger partial charge on any atom is -0.494 e. The van der Waals surface area contributed by atoms with Crippen molar-refractivity contribution in [1.82, 2.24) is 4.90 Å². The summed E-state index contributed by atoms with van der Waals surface area (Å²) in [6.07, 6.45) is 2.99. The van der Waals surface area contributed by atoms with E-state index in [9.17, 15) is 4.79 Å². The number of methoxy groups -OCH3 is 1. The number of rotatable bonds is 4. The molecule has 0 bridgehead atoms. The van der Waals surface area contributed by atoms with Crippen molar-refractivity contribution in [3.05, 3.63) is 23.8 Å². The first-order valence-corrected chi connectivity index (χ1v) is 6.33. The predicted molar refractivity (Wildman–Crippen MR) is 71.5 cm³/mol. The Balaban J connectivity index is 2.02. The number of nitrogens with two attached hydrogens (primary N) is 1. The molecule has 1 aliphatic rings. The molecule has 2 N–H and O–H groups in total.